The van der Waals surface area contributed by atoms with Gasteiger partial charge in [-0.3, -0.25) is 4.98 Å². The maximum atomic E-state index is 12.5. The predicted octanol–water partition coefficient (Wildman–Crippen LogP) is 3.56. The fourth-order valence-corrected chi connectivity index (χ4v) is 2.84. The van der Waals surface area contributed by atoms with E-state index in [2.05, 4.69) is 4.98 Å². The van der Waals surface area contributed by atoms with Crippen molar-refractivity contribution in [2.24, 2.45) is 0 Å². The number of aromatic nitrogens is 1. The summed E-state index contributed by atoms with van der Waals surface area (Å²) in [5.74, 6) is 0. The summed E-state index contributed by atoms with van der Waals surface area (Å²) in [6, 6.07) is 1.98. The molecule has 3 nitrogen and oxygen atoms in total. The van der Waals surface area contributed by atoms with Gasteiger partial charge in [-0.15, -0.1) is 4.31 Å². The van der Waals surface area contributed by atoms with Crippen LogP contribution in [0.5, 0.6) is 0 Å². The third kappa shape index (κ3) is 4.10. The lowest BCUT2D eigenvalue weighted by atomic mass is 10.2. The van der Waals surface area contributed by atoms with Gasteiger partial charge >= 0.3 is 6.18 Å². The lowest BCUT2D eigenvalue weighted by Gasteiger charge is -2.33. The van der Waals surface area contributed by atoms with Gasteiger partial charge in [0.1, 0.15) is 4.75 Å². The van der Waals surface area contributed by atoms with Crippen LogP contribution in [0.4, 0.5) is 13.2 Å². The Kier molecular flexibility index (Phi) is 5.10. The van der Waals surface area contributed by atoms with Crippen LogP contribution >= 0.6 is 0 Å². The van der Waals surface area contributed by atoms with Crippen LogP contribution in [0.3, 0.4) is 0 Å². The van der Waals surface area contributed by atoms with E-state index in [-0.39, 0.29) is 6.04 Å². The first kappa shape index (κ1) is 17.3. The van der Waals surface area contributed by atoms with Gasteiger partial charge in [-0.1, -0.05) is 0 Å². The van der Waals surface area contributed by atoms with Crippen molar-refractivity contribution in [1.82, 2.24) is 9.29 Å². The Morgan fingerprint density at radius 2 is 1.80 bits per heavy atom. The molecule has 0 aromatic carbocycles. The molecule has 1 aromatic rings. The van der Waals surface area contributed by atoms with E-state index >= 15 is 0 Å². The number of nitrogens with zero attached hydrogens (tertiary/aromatic N) is 2. The molecule has 1 aromatic heterocycles. The summed E-state index contributed by atoms with van der Waals surface area (Å²) in [6.07, 6.45) is -3.59. The summed E-state index contributed by atoms with van der Waals surface area (Å²) >= 11 is -1.26. The molecule has 114 valence electrons. The van der Waals surface area contributed by atoms with Gasteiger partial charge in [-0.05, 0) is 39.8 Å². The monoisotopic (exact) mass is 308 g/mol. The van der Waals surface area contributed by atoms with E-state index in [4.69, 9.17) is 0 Å². The van der Waals surface area contributed by atoms with Crippen LogP contribution in [0.2, 0.25) is 0 Å². The van der Waals surface area contributed by atoms with Crippen molar-refractivity contribution >= 4 is 11.4 Å². The van der Waals surface area contributed by atoms with Crippen LogP contribution in [0.25, 0.3) is 0 Å². The lowest BCUT2D eigenvalue weighted by molar-refractivity contribution is -0.137. The Balaban J connectivity index is 2.90. The smallest absolute Gasteiger partial charge is 0.417 e. The van der Waals surface area contributed by atoms with Crippen molar-refractivity contribution in [3.63, 3.8) is 0 Å². The predicted molar refractivity (Wildman–Crippen MR) is 73.3 cm³/mol. The second-order valence-corrected chi connectivity index (χ2v) is 7.85. The van der Waals surface area contributed by atoms with Gasteiger partial charge in [0.25, 0.3) is 0 Å². The van der Waals surface area contributed by atoms with Gasteiger partial charge in [0.05, 0.1) is 17.3 Å². The molecule has 0 saturated heterocycles. The maximum absolute atomic E-state index is 12.5. The van der Waals surface area contributed by atoms with E-state index < -0.39 is 27.8 Å². The minimum absolute atomic E-state index is 0.336. The molecule has 0 aliphatic rings. The normalized spacial score (nSPS) is 16.3. The zero-order valence-electron chi connectivity index (χ0n) is 12.2. The highest BCUT2D eigenvalue weighted by Crippen LogP contribution is 2.31. The second-order valence-electron chi connectivity index (χ2n) is 5.55. The van der Waals surface area contributed by atoms with Crippen molar-refractivity contribution in [3.8, 4) is 0 Å². The van der Waals surface area contributed by atoms with Crippen LogP contribution < -0.4 is 0 Å². The summed E-state index contributed by atoms with van der Waals surface area (Å²) in [6.45, 7) is 7.28. The van der Waals surface area contributed by atoms with E-state index in [0.717, 1.165) is 12.3 Å². The number of hydrogen-bond donors (Lipinski definition) is 0. The fourth-order valence-electron chi connectivity index (χ4n) is 1.58. The number of rotatable bonds is 3. The average molecular weight is 308 g/mol. The standard InChI is InChI=1S/C13H19F3N2OS/c1-9(18(5)20(19)12(2,3)4)11-7-6-10(8-17-11)13(14,15)16/h6-9H,1-5H3/t9-,20?/m1/s1. The molecular weight excluding hydrogens is 289 g/mol. The third-order valence-electron chi connectivity index (χ3n) is 2.87. The molecule has 0 N–H and O–H groups in total. The molecule has 7 heteroatoms. The van der Waals surface area contributed by atoms with Gasteiger partial charge < -0.3 is 4.55 Å². The fraction of sp³-hybridized carbons (Fsp3) is 0.615. The summed E-state index contributed by atoms with van der Waals surface area (Å²) in [4.78, 5) is 3.83. The first-order valence-corrected chi connectivity index (χ1v) is 7.23. The third-order valence-corrected chi connectivity index (χ3v) is 4.76. The van der Waals surface area contributed by atoms with E-state index in [1.807, 2.05) is 20.8 Å². The van der Waals surface area contributed by atoms with Crippen molar-refractivity contribution in [2.75, 3.05) is 7.05 Å². The van der Waals surface area contributed by atoms with Gasteiger partial charge in [-0.25, -0.2) is 0 Å². The van der Waals surface area contributed by atoms with Crippen LogP contribution in [-0.4, -0.2) is 25.6 Å². The molecule has 0 amide bonds. The number of pyridine rings is 1. The minimum Gasteiger partial charge on any atom is -0.597 e. The summed E-state index contributed by atoms with van der Waals surface area (Å²) in [5.41, 5.74) is -0.328. The van der Waals surface area contributed by atoms with Crippen LogP contribution in [0.15, 0.2) is 18.3 Å². The Bertz CT molecular complexity index is 442. The second kappa shape index (κ2) is 5.91. The molecule has 0 spiro atoms. The molecule has 1 heterocycles. The molecule has 1 rings (SSSR count). The maximum Gasteiger partial charge on any atom is 0.417 e. The zero-order chi connectivity index (χ0) is 15.7. The first-order valence-electron chi connectivity index (χ1n) is 6.12. The highest BCUT2D eigenvalue weighted by molar-refractivity contribution is 7.90. The SMILES string of the molecule is C[C@H](c1ccc(C(F)(F)F)cn1)N(C)[S+]([O-])C(C)(C)C. The van der Waals surface area contributed by atoms with Gasteiger partial charge in [-0.2, -0.15) is 13.2 Å². The zero-order valence-corrected chi connectivity index (χ0v) is 13.0. The molecule has 0 radical (unpaired) electrons. The summed E-state index contributed by atoms with van der Waals surface area (Å²) < 4.78 is 50.8. The van der Waals surface area contributed by atoms with Crippen molar-refractivity contribution < 1.29 is 17.7 Å². The summed E-state index contributed by atoms with van der Waals surface area (Å²) in [7, 11) is 1.67. The number of hydrogen-bond acceptors (Lipinski definition) is 3. The molecule has 1 unspecified atom stereocenters. The van der Waals surface area contributed by atoms with Crippen molar-refractivity contribution in [1.29, 1.82) is 0 Å². The molecule has 0 fully saturated rings. The van der Waals surface area contributed by atoms with Crippen LogP contribution in [0.1, 0.15) is 45.0 Å². The lowest BCUT2D eigenvalue weighted by Crippen LogP contribution is -2.42. The number of halogens is 3. The molecule has 0 aliphatic carbocycles. The Labute approximate surface area is 120 Å². The van der Waals surface area contributed by atoms with Crippen LogP contribution in [-0.2, 0) is 17.5 Å². The highest BCUT2D eigenvalue weighted by Gasteiger charge is 2.35. The molecule has 0 saturated carbocycles. The highest BCUT2D eigenvalue weighted by atomic mass is 32.2. The summed E-state index contributed by atoms with van der Waals surface area (Å²) in [5, 5.41) is 0. The van der Waals surface area contributed by atoms with Gasteiger partial charge in [0, 0.05) is 24.6 Å². The minimum atomic E-state index is -4.39. The molecule has 20 heavy (non-hydrogen) atoms. The molecule has 0 aliphatic heterocycles. The van der Waals surface area contributed by atoms with Crippen LogP contribution in [0, 0.1) is 0 Å². The topological polar surface area (TPSA) is 39.2 Å². The van der Waals surface area contributed by atoms with E-state index in [1.54, 1.807) is 18.3 Å². The van der Waals surface area contributed by atoms with Gasteiger partial charge in [0.2, 0.25) is 0 Å². The Morgan fingerprint density at radius 3 is 2.15 bits per heavy atom. The van der Waals surface area contributed by atoms with Gasteiger partial charge in [0.15, 0.2) is 0 Å². The van der Waals surface area contributed by atoms with E-state index in [1.165, 1.54) is 6.07 Å². The first-order chi connectivity index (χ1) is 8.94. The quantitative estimate of drug-likeness (QED) is 0.802. The largest absolute Gasteiger partial charge is 0.597 e. The Hall–Kier alpha value is -0.790. The van der Waals surface area contributed by atoms with E-state index in [9.17, 15) is 17.7 Å². The number of alkyl halides is 3. The average Bonchev–Trinajstić information content (AvgIpc) is 2.34. The Morgan fingerprint density at radius 1 is 1.25 bits per heavy atom. The molecule has 2 atom stereocenters. The molecular formula is C13H19F3N2OS. The molecule has 0 bridgehead atoms. The van der Waals surface area contributed by atoms with E-state index in [0.29, 0.717) is 5.69 Å². The van der Waals surface area contributed by atoms with Crippen molar-refractivity contribution in [2.45, 2.75) is 44.7 Å². The van der Waals surface area contributed by atoms with Crippen molar-refractivity contribution in [3.05, 3.63) is 29.6 Å².